The highest BCUT2D eigenvalue weighted by atomic mass is 16.5. The zero-order valence-corrected chi connectivity index (χ0v) is 18.6. The van der Waals surface area contributed by atoms with E-state index in [0.29, 0.717) is 19.8 Å². The van der Waals surface area contributed by atoms with Gasteiger partial charge < -0.3 is 29.9 Å². The highest BCUT2D eigenvalue weighted by molar-refractivity contribution is 5.64. The minimum absolute atomic E-state index is 0.245. The molecule has 2 aromatic carbocycles. The summed E-state index contributed by atoms with van der Waals surface area (Å²) in [4.78, 5) is 1.85. The minimum atomic E-state index is -1.21. The van der Waals surface area contributed by atoms with Crippen LogP contribution in [0.1, 0.15) is 24.8 Å². The lowest BCUT2D eigenvalue weighted by Gasteiger charge is -2.43. The van der Waals surface area contributed by atoms with Crippen molar-refractivity contribution in [2.24, 2.45) is 0 Å². The third-order valence-corrected chi connectivity index (χ3v) is 6.10. The summed E-state index contributed by atoms with van der Waals surface area (Å²) in [6.45, 7) is 1.89. The van der Waals surface area contributed by atoms with Crippen LogP contribution in [-0.4, -0.2) is 83.1 Å². The van der Waals surface area contributed by atoms with Gasteiger partial charge in [-0.15, -0.1) is 0 Å². The molecule has 1 aliphatic heterocycles. The Labute approximate surface area is 189 Å². The van der Waals surface area contributed by atoms with Crippen molar-refractivity contribution < 1.29 is 29.9 Å². The number of rotatable bonds is 11. The fraction of sp³-hybridized carbons (Fsp3) is 0.520. The number of unbranched alkanes of at least 4 members (excludes halogenated alkanes) is 2. The van der Waals surface area contributed by atoms with E-state index in [1.54, 1.807) is 7.11 Å². The molecule has 0 amide bonds. The molecule has 4 atom stereocenters. The van der Waals surface area contributed by atoms with Gasteiger partial charge in [-0.2, -0.15) is 0 Å². The van der Waals surface area contributed by atoms with Gasteiger partial charge >= 0.3 is 0 Å². The van der Waals surface area contributed by atoms with Crippen LogP contribution in [0.2, 0.25) is 0 Å². The minimum Gasteiger partial charge on any atom is -0.497 e. The Morgan fingerprint density at radius 1 is 0.875 bits per heavy atom. The van der Waals surface area contributed by atoms with E-state index >= 15 is 0 Å². The van der Waals surface area contributed by atoms with Crippen LogP contribution < -0.4 is 4.74 Å². The highest BCUT2D eigenvalue weighted by Gasteiger charge is 2.40. The van der Waals surface area contributed by atoms with E-state index in [1.807, 2.05) is 29.2 Å². The van der Waals surface area contributed by atoms with Crippen LogP contribution in [0, 0.1) is 0 Å². The largest absolute Gasteiger partial charge is 0.497 e. The molecule has 7 nitrogen and oxygen atoms in total. The lowest BCUT2D eigenvalue weighted by molar-refractivity contribution is -0.145. The smallest absolute Gasteiger partial charge is 0.118 e. The third kappa shape index (κ3) is 6.51. The normalized spacial score (nSPS) is 23.9. The molecule has 7 heteroatoms. The fourth-order valence-electron chi connectivity index (χ4n) is 4.10. The maximum absolute atomic E-state index is 10.0. The molecule has 0 saturated carbocycles. The van der Waals surface area contributed by atoms with Gasteiger partial charge in [0.05, 0.1) is 32.5 Å². The van der Waals surface area contributed by atoms with Gasteiger partial charge in [0.15, 0.2) is 0 Å². The number of benzene rings is 2. The highest BCUT2D eigenvalue weighted by Crippen LogP contribution is 2.23. The lowest BCUT2D eigenvalue weighted by atomic mass is 9.94. The molecule has 2 aromatic rings. The first-order valence-electron chi connectivity index (χ1n) is 11.2. The maximum atomic E-state index is 10.0. The summed E-state index contributed by atoms with van der Waals surface area (Å²) in [5.74, 6) is 0.844. The molecule has 0 spiro atoms. The molecule has 3 rings (SSSR count). The van der Waals surface area contributed by atoms with Crippen LogP contribution in [0.3, 0.4) is 0 Å². The number of hydrogen-bond acceptors (Lipinski definition) is 7. The summed E-state index contributed by atoms with van der Waals surface area (Å²) in [5, 5.41) is 39.1. The van der Waals surface area contributed by atoms with Crippen molar-refractivity contribution in [2.75, 3.05) is 33.4 Å². The predicted octanol–water partition coefficient (Wildman–Crippen LogP) is 1.81. The molecule has 176 valence electrons. The van der Waals surface area contributed by atoms with Crippen molar-refractivity contribution in [3.63, 3.8) is 0 Å². The first-order valence-corrected chi connectivity index (χ1v) is 11.2. The number of methoxy groups -OCH3 is 1. The van der Waals surface area contributed by atoms with Crippen LogP contribution in [0.5, 0.6) is 5.75 Å². The van der Waals surface area contributed by atoms with Gasteiger partial charge in [0.2, 0.25) is 0 Å². The van der Waals surface area contributed by atoms with Gasteiger partial charge in [-0.3, -0.25) is 4.90 Å². The standard InChI is InChI=1S/C25H35NO6/c1-31-21-11-9-20(10-12-21)19-7-5-18(6-8-19)17-32-14-4-2-3-13-26-15-23(28)25(30)24(29)22(26)16-27/h5-12,22-25,27-30H,2-4,13-17H2,1H3/t22-,23+,24-,25-/m1/s1. The summed E-state index contributed by atoms with van der Waals surface area (Å²) in [7, 11) is 1.66. The quantitative estimate of drug-likeness (QED) is 0.391. The number of piperidine rings is 1. The van der Waals surface area contributed by atoms with Crippen molar-refractivity contribution >= 4 is 0 Å². The zero-order chi connectivity index (χ0) is 22.9. The Kier molecular flexibility index (Phi) is 9.47. The Balaban J connectivity index is 1.32. The Bertz CT molecular complexity index is 797. The van der Waals surface area contributed by atoms with E-state index in [9.17, 15) is 20.4 Å². The topological polar surface area (TPSA) is 103 Å². The molecule has 1 heterocycles. The number of β-amino-alcohol motifs (C(OH)–C–C–N with tert-alkyl or cyclic N) is 1. The summed E-state index contributed by atoms with van der Waals surface area (Å²) >= 11 is 0. The van der Waals surface area contributed by atoms with E-state index in [-0.39, 0.29) is 13.2 Å². The second-order valence-electron chi connectivity index (χ2n) is 8.33. The van der Waals surface area contributed by atoms with E-state index in [0.717, 1.165) is 41.7 Å². The van der Waals surface area contributed by atoms with E-state index < -0.39 is 24.4 Å². The predicted molar refractivity (Wildman–Crippen MR) is 122 cm³/mol. The first-order chi connectivity index (χ1) is 15.5. The number of hydrogen-bond donors (Lipinski definition) is 4. The second-order valence-corrected chi connectivity index (χ2v) is 8.33. The van der Waals surface area contributed by atoms with Crippen molar-refractivity contribution in [2.45, 2.75) is 50.2 Å². The maximum Gasteiger partial charge on any atom is 0.118 e. The van der Waals surface area contributed by atoms with Crippen molar-refractivity contribution in [3.05, 3.63) is 54.1 Å². The number of likely N-dealkylation sites (tertiary alicyclic amines) is 1. The fourth-order valence-corrected chi connectivity index (χ4v) is 4.10. The van der Waals surface area contributed by atoms with E-state index in [1.165, 1.54) is 0 Å². The van der Waals surface area contributed by atoms with Crippen LogP contribution in [0.4, 0.5) is 0 Å². The molecule has 32 heavy (non-hydrogen) atoms. The van der Waals surface area contributed by atoms with E-state index in [2.05, 4.69) is 24.3 Å². The molecule has 1 aliphatic rings. The summed E-state index contributed by atoms with van der Waals surface area (Å²) in [6.07, 6.45) is -0.612. The van der Waals surface area contributed by atoms with Crippen LogP contribution in [0.15, 0.2) is 48.5 Å². The third-order valence-electron chi connectivity index (χ3n) is 6.10. The van der Waals surface area contributed by atoms with Gasteiger partial charge in [0, 0.05) is 13.2 Å². The Morgan fingerprint density at radius 2 is 1.53 bits per heavy atom. The van der Waals surface area contributed by atoms with Crippen molar-refractivity contribution in [1.82, 2.24) is 4.90 Å². The monoisotopic (exact) mass is 445 g/mol. The van der Waals surface area contributed by atoms with Gasteiger partial charge in [-0.25, -0.2) is 0 Å². The summed E-state index contributed by atoms with van der Waals surface area (Å²) in [6, 6.07) is 15.8. The molecule has 4 N–H and O–H groups in total. The van der Waals surface area contributed by atoms with Crippen molar-refractivity contribution in [1.29, 1.82) is 0 Å². The first kappa shape index (κ1) is 24.6. The van der Waals surface area contributed by atoms with Crippen LogP contribution in [-0.2, 0) is 11.3 Å². The van der Waals surface area contributed by atoms with Gasteiger partial charge in [-0.05, 0) is 54.6 Å². The number of aliphatic hydroxyl groups excluding tert-OH is 4. The molecule has 1 fully saturated rings. The molecular weight excluding hydrogens is 410 g/mol. The molecule has 0 aliphatic carbocycles. The van der Waals surface area contributed by atoms with Gasteiger partial charge in [0.1, 0.15) is 18.0 Å². The van der Waals surface area contributed by atoms with Gasteiger partial charge in [0.25, 0.3) is 0 Å². The average molecular weight is 446 g/mol. The lowest BCUT2D eigenvalue weighted by Crippen LogP contribution is -2.62. The summed E-state index contributed by atoms with van der Waals surface area (Å²) in [5.41, 5.74) is 3.42. The van der Waals surface area contributed by atoms with Crippen molar-refractivity contribution in [3.8, 4) is 16.9 Å². The summed E-state index contributed by atoms with van der Waals surface area (Å²) < 4.78 is 11.0. The molecule has 1 saturated heterocycles. The SMILES string of the molecule is COc1ccc(-c2ccc(COCCCCCN3C[C@H](O)[C@@H](O)[C@H](O)[C@H]3CO)cc2)cc1. The Hall–Kier alpha value is -2.00. The second kappa shape index (κ2) is 12.3. The van der Waals surface area contributed by atoms with E-state index in [4.69, 9.17) is 9.47 Å². The Morgan fingerprint density at radius 3 is 2.16 bits per heavy atom. The molecule has 0 unspecified atom stereocenters. The van der Waals surface area contributed by atoms with Crippen LogP contribution in [0.25, 0.3) is 11.1 Å². The molecular formula is C25H35NO6. The molecule has 0 aromatic heterocycles. The number of nitrogens with zero attached hydrogens (tertiary/aromatic N) is 1. The van der Waals surface area contributed by atoms with Crippen LogP contribution >= 0.6 is 0 Å². The molecule has 0 bridgehead atoms. The molecule has 0 radical (unpaired) electrons. The zero-order valence-electron chi connectivity index (χ0n) is 18.6. The number of aliphatic hydroxyl groups is 4. The average Bonchev–Trinajstić information content (AvgIpc) is 2.82. The number of ether oxygens (including phenoxy) is 2. The van der Waals surface area contributed by atoms with Gasteiger partial charge in [-0.1, -0.05) is 36.4 Å².